The van der Waals surface area contributed by atoms with Gasteiger partial charge in [0.15, 0.2) is 5.78 Å². The molecule has 0 fully saturated rings. The van der Waals surface area contributed by atoms with Crippen LogP contribution < -0.4 is 0 Å². The second-order valence-corrected chi connectivity index (χ2v) is 9.19. The number of nitrogens with zero attached hydrogens (tertiary/aromatic N) is 2. The van der Waals surface area contributed by atoms with Crippen LogP contribution in [0.3, 0.4) is 0 Å². The summed E-state index contributed by atoms with van der Waals surface area (Å²) in [5, 5.41) is 0. The van der Waals surface area contributed by atoms with E-state index in [1.165, 1.54) is 0 Å². The molecule has 1 aliphatic carbocycles. The van der Waals surface area contributed by atoms with Gasteiger partial charge < -0.3 is 4.74 Å². The van der Waals surface area contributed by atoms with Crippen molar-refractivity contribution in [1.29, 1.82) is 0 Å². The Balaban J connectivity index is 1.44. The summed E-state index contributed by atoms with van der Waals surface area (Å²) in [6.07, 6.45) is 5.14. The number of carbonyl (C=O) groups excluding carboxylic acids is 2. The van der Waals surface area contributed by atoms with Crippen molar-refractivity contribution in [2.45, 2.75) is 38.0 Å². The Morgan fingerprint density at radius 1 is 0.914 bits per heavy atom. The molecular formula is C30H28N2O3. The molecule has 3 atom stereocenters. The molecule has 2 aliphatic rings. The number of benzene rings is 2. The van der Waals surface area contributed by atoms with E-state index in [1.54, 1.807) is 12.4 Å². The Morgan fingerprint density at radius 3 is 2.31 bits per heavy atom. The van der Waals surface area contributed by atoms with Crippen LogP contribution in [0.4, 0.5) is 0 Å². The van der Waals surface area contributed by atoms with Gasteiger partial charge in [-0.2, -0.15) is 0 Å². The summed E-state index contributed by atoms with van der Waals surface area (Å²) in [6.45, 7) is 2.16. The van der Waals surface area contributed by atoms with Crippen LogP contribution in [0.15, 0.2) is 101 Å². The number of ether oxygens (including phenoxy) is 1. The monoisotopic (exact) mass is 464 g/mol. The highest BCUT2D eigenvalue weighted by Gasteiger charge is 2.44. The number of carbonyl (C=O) groups is 2. The molecule has 5 nitrogen and oxygen atoms in total. The van der Waals surface area contributed by atoms with E-state index in [2.05, 4.69) is 17.1 Å². The Labute approximate surface area is 205 Å². The number of pyridine rings is 1. The first-order chi connectivity index (χ1) is 17.1. The standard InChI is InChI=1S/C30H28N2O3/c1-20-27(30(34)35-17-14-21-8-4-2-5-9-21)28(23-12-15-31-16-13-23)29-25(32-20)18-24(19-26(29)33)22-10-6-3-7-11-22/h2-13,15-16,24,27-28H,14,17-19H2,1H3/t24-,27?,28-/m0/s1. The number of esters is 1. The molecule has 5 heteroatoms. The van der Waals surface area contributed by atoms with Gasteiger partial charge in [0.05, 0.1) is 6.61 Å². The van der Waals surface area contributed by atoms with Crippen molar-refractivity contribution in [3.8, 4) is 0 Å². The van der Waals surface area contributed by atoms with Crippen LogP contribution in [0.2, 0.25) is 0 Å². The third-order valence-electron chi connectivity index (χ3n) is 6.96. The normalized spacial score (nSPS) is 21.8. The molecule has 3 aromatic rings. The van der Waals surface area contributed by atoms with Gasteiger partial charge in [0.25, 0.3) is 0 Å². The van der Waals surface area contributed by atoms with Crippen LogP contribution in [-0.4, -0.2) is 29.1 Å². The number of aliphatic imine (C=N–C) groups is 1. The highest BCUT2D eigenvalue weighted by Crippen LogP contribution is 2.46. The van der Waals surface area contributed by atoms with Crippen molar-refractivity contribution in [2.24, 2.45) is 10.9 Å². The Morgan fingerprint density at radius 2 is 1.60 bits per heavy atom. The first kappa shape index (κ1) is 22.9. The molecule has 0 amide bonds. The number of allylic oxidation sites excluding steroid dienone is 2. The van der Waals surface area contributed by atoms with Gasteiger partial charge in [0.2, 0.25) is 0 Å². The average molecular weight is 465 g/mol. The molecule has 0 saturated carbocycles. The molecule has 1 aliphatic heterocycles. The molecule has 2 aromatic carbocycles. The molecule has 2 heterocycles. The predicted molar refractivity (Wildman–Crippen MR) is 135 cm³/mol. The van der Waals surface area contributed by atoms with E-state index in [0.717, 1.165) is 22.4 Å². The first-order valence-corrected chi connectivity index (χ1v) is 12.1. The average Bonchev–Trinajstić information content (AvgIpc) is 2.89. The van der Waals surface area contributed by atoms with E-state index in [-0.39, 0.29) is 24.3 Å². The summed E-state index contributed by atoms with van der Waals surface area (Å²) >= 11 is 0. The molecular weight excluding hydrogens is 436 g/mol. The number of hydrogen-bond acceptors (Lipinski definition) is 5. The minimum atomic E-state index is -0.635. The van der Waals surface area contributed by atoms with Gasteiger partial charge in [0, 0.05) is 48.1 Å². The van der Waals surface area contributed by atoms with Gasteiger partial charge in [-0.3, -0.25) is 19.6 Å². The van der Waals surface area contributed by atoms with Gasteiger partial charge in [-0.1, -0.05) is 60.7 Å². The van der Waals surface area contributed by atoms with Crippen molar-refractivity contribution in [2.75, 3.05) is 6.61 Å². The van der Waals surface area contributed by atoms with Crippen LogP contribution >= 0.6 is 0 Å². The lowest BCUT2D eigenvalue weighted by Crippen LogP contribution is -2.38. The topological polar surface area (TPSA) is 68.6 Å². The quantitative estimate of drug-likeness (QED) is 0.456. The molecule has 1 unspecified atom stereocenters. The second kappa shape index (κ2) is 10.2. The van der Waals surface area contributed by atoms with Crippen molar-refractivity contribution >= 4 is 17.5 Å². The molecule has 35 heavy (non-hydrogen) atoms. The maximum absolute atomic E-state index is 13.6. The SMILES string of the molecule is CC1=NC2=C(C(=O)C[C@@H](c3ccccc3)C2)[C@@H](c2ccncc2)C1C(=O)OCCc1ccccc1. The molecule has 5 rings (SSSR count). The van der Waals surface area contributed by atoms with Crippen LogP contribution in [0.1, 0.15) is 48.3 Å². The van der Waals surface area contributed by atoms with Gasteiger partial charge in [-0.15, -0.1) is 0 Å². The third-order valence-corrected chi connectivity index (χ3v) is 6.96. The van der Waals surface area contributed by atoms with Gasteiger partial charge in [0.1, 0.15) is 5.92 Å². The highest BCUT2D eigenvalue weighted by molar-refractivity contribution is 6.09. The van der Waals surface area contributed by atoms with E-state index in [0.29, 0.717) is 30.5 Å². The van der Waals surface area contributed by atoms with E-state index >= 15 is 0 Å². The van der Waals surface area contributed by atoms with E-state index in [9.17, 15) is 9.59 Å². The zero-order valence-electron chi connectivity index (χ0n) is 19.8. The smallest absolute Gasteiger partial charge is 0.315 e. The molecule has 0 saturated heterocycles. The van der Waals surface area contributed by atoms with Gasteiger partial charge >= 0.3 is 5.97 Å². The largest absolute Gasteiger partial charge is 0.465 e. The number of ketones is 1. The maximum Gasteiger partial charge on any atom is 0.315 e. The first-order valence-electron chi connectivity index (χ1n) is 12.1. The van der Waals surface area contributed by atoms with Crippen molar-refractivity contribution in [3.05, 3.63) is 113 Å². The predicted octanol–water partition coefficient (Wildman–Crippen LogP) is 5.44. The van der Waals surface area contributed by atoms with Gasteiger partial charge in [-0.05, 0) is 48.1 Å². The van der Waals surface area contributed by atoms with E-state index in [4.69, 9.17) is 9.73 Å². The van der Waals surface area contributed by atoms with Crippen LogP contribution in [-0.2, 0) is 20.7 Å². The Bertz CT molecular complexity index is 1270. The fourth-order valence-electron chi connectivity index (χ4n) is 5.26. The molecule has 1 aromatic heterocycles. The van der Waals surface area contributed by atoms with Crippen molar-refractivity contribution in [3.63, 3.8) is 0 Å². The number of Topliss-reactive ketones (excluding diaryl/α,β-unsaturated/α-hetero) is 1. The summed E-state index contributed by atoms with van der Waals surface area (Å²) in [4.78, 5) is 35.9. The third kappa shape index (κ3) is 4.85. The number of aromatic nitrogens is 1. The lowest BCUT2D eigenvalue weighted by Gasteiger charge is -2.36. The van der Waals surface area contributed by atoms with Crippen LogP contribution in [0, 0.1) is 5.92 Å². The zero-order valence-corrected chi connectivity index (χ0v) is 19.8. The summed E-state index contributed by atoms with van der Waals surface area (Å²) in [6, 6.07) is 23.8. The Hall–Kier alpha value is -3.86. The molecule has 0 radical (unpaired) electrons. The summed E-state index contributed by atoms with van der Waals surface area (Å²) in [5.41, 5.74) is 5.28. The van der Waals surface area contributed by atoms with Crippen molar-refractivity contribution < 1.29 is 14.3 Å². The Kier molecular flexibility index (Phi) is 6.66. The minimum absolute atomic E-state index is 0.0558. The van der Waals surface area contributed by atoms with Crippen LogP contribution in [0.25, 0.3) is 0 Å². The van der Waals surface area contributed by atoms with E-state index < -0.39 is 11.8 Å². The summed E-state index contributed by atoms with van der Waals surface area (Å²) in [7, 11) is 0. The summed E-state index contributed by atoms with van der Waals surface area (Å²) in [5.74, 6) is -1.25. The minimum Gasteiger partial charge on any atom is -0.465 e. The second-order valence-electron chi connectivity index (χ2n) is 9.19. The molecule has 0 N–H and O–H groups in total. The fourth-order valence-corrected chi connectivity index (χ4v) is 5.26. The number of rotatable bonds is 6. The summed E-state index contributed by atoms with van der Waals surface area (Å²) < 4.78 is 5.74. The van der Waals surface area contributed by atoms with Crippen LogP contribution in [0.5, 0.6) is 0 Å². The lowest BCUT2D eigenvalue weighted by molar-refractivity contribution is -0.146. The maximum atomic E-state index is 13.6. The van der Waals surface area contributed by atoms with Gasteiger partial charge in [-0.25, -0.2) is 0 Å². The highest BCUT2D eigenvalue weighted by atomic mass is 16.5. The van der Waals surface area contributed by atoms with Crippen molar-refractivity contribution in [1.82, 2.24) is 4.98 Å². The molecule has 0 spiro atoms. The van der Waals surface area contributed by atoms with E-state index in [1.807, 2.05) is 67.6 Å². The molecule has 0 bridgehead atoms. The zero-order chi connectivity index (χ0) is 24.2. The number of hydrogen-bond donors (Lipinski definition) is 0. The fraction of sp³-hybridized carbons (Fsp3) is 0.267. The molecule has 176 valence electrons. The lowest BCUT2D eigenvalue weighted by atomic mass is 9.69.